The summed E-state index contributed by atoms with van der Waals surface area (Å²) in [6.07, 6.45) is 6.65. The molecule has 132 valence electrons. The molecule has 0 bridgehead atoms. The molecule has 5 heteroatoms. The molecule has 1 fully saturated rings. The van der Waals surface area contributed by atoms with Crippen molar-refractivity contribution in [1.82, 2.24) is 4.98 Å². The molecule has 0 aliphatic heterocycles. The smallest absolute Gasteiger partial charge is 0.257 e. The first kappa shape index (κ1) is 17.9. The van der Waals surface area contributed by atoms with E-state index >= 15 is 0 Å². The summed E-state index contributed by atoms with van der Waals surface area (Å²) < 4.78 is 6.06. The molecule has 4 nitrogen and oxygen atoms in total. The van der Waals surface area contributed by atoms with Crippen LogP contribution in [0.5, 0.6) is 0 Å². The van der Waals surface area contributed by atoms with Crippen LogP contribution in [-0.4, -0.2) is 17.0 Å². The van der Waals surface area contributed by atoms with Crippen LogP contribution in [0.3, 0.4) is 0 Å². The SMILES string of the molecule is CC1CCCC(OCc2cccc(NC(=O)c3ccc(Cl)nc3)c2)C1. The maximum absolute atomic E-state index is 12.3. The molecule has 2 aromatic rings. The fourth-order valence-corrected chi connectivity index (χ4v) is 3.31. The standard InChI is InChI=1S/C20H23ClN2O2/c1-14-4-2-7-18(10-14)25-13-15-5-3-6-17(11-15)23-20(24)16-8-9-19(21)22-12-16/h3,5-6,8-9,11-12,14,18H,2,4,7,10,13H2,1H3,(H,23,24). The van der Waals surface area contributed by atoms with Gasteiger partial charge in [0.2, 0.25) is 0 Å². The fraction of sp³-hybridized carbons (Fsp3) is 0.400. The number of halogens is 1. The highest BCUT2D eigenvalue weighted by molar-refractivity contribution is 6.29. The summed E-state index contributed by atoms with van der Waals surface area (Å²) in [6, 6.07) is 11.0. The lowest BCUT2D eigenvalue weighted by molar-refractivity contribution is 0.00468. The first-order valence-corrected chi connectivity index (χ1v) is 9.11. The second-order valence-corrected chi connectivity index (χ2v) is 7.12. The zero-order valence-electron chi connectivity index (χ0n) is 14.4. The second-order valence-electron chi connectivity index (χ2n) is 6.73. The number of benzene rings is 1. The van der Waals surface area contributed by atoms with E-state index in [1.165, 1.54) is 19.0 Å². The number of nitrogens with one attached hydrogen (secondary N) is 1. The molecule has 1 aromatic carbocycles. The van der Waals surface area contributed by atoms with E-state index in [9.17, 15) is 4.79 Å². The Kier molecular flexibility index (Phi) is 6.05. The number of hydrogen-bond donors (Lipinski definition) is 1. The van der Waals surface area contributed by atoms with Gasteiger partial charge in [-0.1, -0.05) is 43.5 Å². The highest BCUT2D eigenvalue weighted by Gasteiger charge is 2.19. The molecule has 1 aliphatic carbocycles. The minimum Gasteiger partial charge on any atom is -0.374 e. The van der Waals surface area contributed by atoms with Gasteiger partial charge in [-0.25, -0.2) is 4.98 Å². The number of pyridine rings is 1. The van der Waals surface area contributed by atoms with Crippen molar-refractivity contribution in [3.8, 4) is 0 Å². The lowest BCUT2D eigenvalue weighted by Crippen LogP contribution is -2.21. The van der Waals surface area contributed by atoms with Crippen molar-refractivity contribution in [3.05, 3.63) is 58.9 Å². The molecule has 1 aromatic heterocycles. The molecule has 25 heavy (non-hydrogen) atoms. The summed E-state index contributed by atoms with van der Waals surface area (Å²) in [7, 11) is 0. The van der Waals surface area contributed by atoms with E-state index in [1.54, 1.807) is 12.1 Å². The van der Waals surface area contributed by atoms with E-state index in [1.807, 2.05) is 24.3 Å². The number of amides is 1. The summed E-state index contributed by atoms with van der Waals surface area (Å²) >= 11 is 5.75. The van der Waals surface area contributed by atoms with E-state index in [0.717, 1.165) is 30.0 Å². The number of anilines is 1. The van der Waals surface area contributed by atoms with Gasteiger partial charge in [-0.2, -0.15) is 0 Å². The molecule has 2 unspecified atom stereocenters. The maximum atomic E-state index is 12.3. The van der Waals surface area contributed by atoms with Gasteiger partial charge < -0.3 is 10.1 Å². The van der Waals surface area contributed by atoms with E-state index < -0.39 is 0 Å². The van der Waals surface area contributed by atoms with Gasteiger partial charge in [0, 0.05) is 11.9 Å². The first-order valence-electron chi connectivity index (χ1n) is 8.73. The van der Waals surface area contributed by atoms with Gasteiger partial charge in [-0.15, -0.1) is 0 Å². The molecule has 3 rings (SSSR count). The Morgan fingerprint density at radius 1 is 1.32 bits per heavy atom. The monoisotopic (exact) mass is 358 g/mol. The molecule has 1 heterocycles. The Labute approximate surface area is 153 Å². The number of carbonyl (C=O) groups excluding carboxylic acids is 1. The molecular formula is C20H23ClN2O2. The second kappa shape index (κ2) is 8.45. The Morgan fingerprint density at radius 2 is 2.20 bits per heavy atom. The average Bonchev–Trinajstić information content (AvgIpc) is 2.61. The van der Waals surface area contributed by atoms with Crippen molar-refractivity contribution in [3.63, 3.8) is 0 Å². The minimum absolute atomic E-state index is 0.205. The number of ether oxygens (including phenoxy) is 1. The molecule has 1 saturated carbocycles. The predicted octanol–water partition coefficient (Wildman–Crippen LogP) is 5.08. The van der Waals surface area contributed by atoms with Crippen molar-refractivity contribution in [2.45, 2.75) is 45.3 Å². The van der Waals surface area contributed by atoms with Gasteiger partial charge in [0.05, 0.1) is 18.3 Å². The number of nitrogens with zero attached hydrogens (tertiary/aromatic N) is 1. The summed E-state index contributed by atoms with van der Waals surface area (Å²) in [5.74, 6) is 0.542. The first-order chi connectivity index (χ1) is 12.1. The van der Waals surface area contributed by atoms with Crippen LogP contribution >= 0.6 is 11.6 Å². The average molecular weight is 359 g/mol. The molecule has 1 aliphatic rings. The minimum atomic E-state index is -0.205. The van der Waals surface area contributed by atoms with Crippen LogP contribution in [0.15, 0.2) is 42.6 Å². The van der Waals surface area contributed by atoms with Gasteiger partial charge in [-0.05, 0) is 48.6 Å². The van der Waals surface area contributed by atoms with Crippen molar-refractivity contribution in [2.75, 3.05) is 5.32 Å². The molecule has 1 N–H and O–H groups in total. The van der Waals surface area contributed by atoms with E-state index in [0.29, 0.717) is 23.4 Å². The molecule has 1 amide bonds. The zero-order chi connectivity index (χ0) is 17.6. The third-order valence-electron chi connectivity index (χ3n) is 4.55. The predicted molar refractivity (Wildman–Crippen MR) is 99.9 cm³/mol. The molecule has 0 radical (unpaired) electrons. The number of aromatic nitrogens is 1. The van der Waals surface area contributed by atoms with Crippen molar-refractivity contribution < 1.29 is 9.53 Å². The third kappa shape index (κ3) is 5.28. The third-order valence-corrected chi connectivity index (χ3v) is 4.77. The van der Waals surface area contributed by atoms with Gasteiger partial charge in [0.15, 0.2) is 0 Å². The summed E-state index contributed by atoms with van der Waals surface area (Å²) in [5, 5.41) is 3.25. The van der Waals surface area contributed by atoms with E-state index in [4.69, 9.17) is 16.3 Å². The van der Waals surface area contributed by atoms with Crippen LogP contribution in [0.4, 0.5) is 5.69 Å². The quantitative estimate of drug-likeness (QED) is 0.758. The Hall–Kier alpha value is -1.91. The Morgan fingerprint density at radius 3 is 2.96 bits per heavy atom. The van der Waals surface area contributed by atoms with Crippen molar-refractivity contribution in [1.29, 1.82) is 0 Å². The molecular weight excluding hydrogens is 336 g/mol. The highest BCUT2D eigenvalue weighted by atomic mass is 35.5. The van der Waals surface area contributed by atoms with Crippen LogP contribution in [0.2, 0.25) is 5.15 Å². The highest BCUT2D eigenvalue weighted by Crippen LogP contribution is 2.26. The van der Waals surface area contributed by atoms with Crippen molar-refractivity contribution in [2.24, 2.45) is 5.92 Å². The molecule has 2 atom stereocenters. The summed E-state index contributed by atoms with van der Waals surface area (Å²) in [6.45, 7) is 2.86. The van der Waals surface area contributed by atoms with Gasteiger partial charge in [0.25, 0.3) is 5.91 Å². The lowest BCUT2D eigenvalue weighted by atomic mass is 9.89. The fourth-order valence-electron chi connectivity index (χ4n) is 3.20. The largest absolute Gasteiger partial charge is 0.374 e. The Bertz CT molecular complexity index is 718. The number of hydrogen-bond acceptors (Lipinski definition) is 3. The van der Waals surface area contributed by atoms with Crippen LogP contribution < -0.4 is 5.32 Å². The Balaban J connectivity index is 1.57. The summed E-state index contributed by atoms with van der Waals surface area (Å²) in [4.78, 5) is 16.2. The maximum Gasteiger partial charge on any atom is 0.257 e. The summed E-state index contributed by atoms with van der Waals surface area (Å²) in [5.41, 5.74) is 2.28. The normalized spacial score (nSPS) is 20.2. The number of carbonyl (C=O) groups is 1. The number of rotatable bonds is 5. The van der Waals surface area contributed by atoms with Crippen LogP contribution in [0.25, 0.3) is 0 Å². The molecule has 0 saturated heterocycles. The topological polar surface area (TPSA) is 51.2 Å². The van der Waals surface area contributed by atoms with Gasteiger partial charge in [0.1, 0.15) is 5.15 Å². The van der Waals surface area contributed by atoms with Crippen LogP contribution in [-0.2, 0) is 11.3 Å². The van der Waals surface area contributed by atoms with Crippen LogP contribution in [0, 0.1) is 5.92 Å². The van der Waals surface area contributed by atoms with E-state index in [-0.39, 0.29) is 5.91 Å². The molecule has 0 spiro atoms. The lowest BCUT2D eigenvalue weighted by Gasteiger charge is -2.26. The van der Waals surface area contributed by atoms with Crippen molar-refractivity contribution >= 4 is 23.2 Å². The van der Waals surface area contributed by atoms with E-state index in [2.05, 4.69) is 17.2 Å². The van der Waals surface area contributed by atoms with Gasteiger partial charge in [-0.3, -0.25) is 4.79 Å². The van der Waals surface area contributed by atoms with Gasteiger partial charge >= 0.3 is 0 Å². The zero-order valence-corrected chi connectivity index (χ0v) is 15.1. The van der Waals surface area contributed by atoms with Crippen LogP contribution in [0.1, 0.15) is 48.5 Å².